The van der Waals surface area contributed by atoms with E-state index in [2.05, 4.69) is 115 Å². The Morgan fingerprint density at radius 3 is 2.15 bits per heavy atom. The van der Waals surface area contributed by atoms with Crippen molar-refractivity contribution in [3.05, 3.63) is 101 Å². The lowest BCUT2D eigenvalue weighted by molar-refractivity contribution is 0.332. The number of hydrogen-bond acceptors (Lipinski definition) is 3. The molecule has 0 aliphatic heterocycles. The minimum absolute atomic E-state index is 0.175. The van der Waals surface area contributed by atoms with E-state index < -0.39 is 0 Å². The molecule has 1 aliphatic rings. The molecule has 4 heteroatoms. The van der Waals surface area contributed by atoms with Gasteiger partial charge in [-0.05, 0) is 68.4 Å². The van der Waals surface area contributed by atoms with Crippen molar-refractivity contribution in [2.75, 3.05) is 0 Å². The smallest absolute Gasteiger partial charge is 0.177 e. The lowest BCUT2D eigenvalue weighted by atomic mass is 9.63. The lowest BCUT2D eigenvalue weighted by Gasteiger charge is -2.42. The van der Waals surface area contributed by atoms with Gasteiger partial charge < -0.3 is 0 Å². The normalized spacial score (nSPS) is 16.9. The number of nitrogens with one attached hydrogen (secondary N) is 1. The molecule has 0 bridgehead atoms. The fourth-order valence-electron chi connectivity index (χ4n) is 4.89. The molecule has 0 fully saturated rings. The number of aromatic amines is 1. The van der Waals surface area contributed by atoms with E-state index in [4.69, 9.17) is 0 Å². The zero-order valence-electron chi connectivity index (χ0n) is 19.8. The van der Waals surface area contributed by atoms with Gasteiger partial charge in [-0.15, -0.1) is 10.2 Å². The maximum absolute atomic E-state index is 4.08. The molecule has 1 aliphatic carbocycles. The fraction of sp³-hybridized carbons (Fsp3) is 0.276. The highest BCUT2D eigenvalue weighted by molar-refractivity contribution is 5.92. The maximum atomic E-state index is 4.08. The van der Waals surface area contributed by atoms with Gasteiger partial charge in [0.15, 0.2) is 0 Å². The number of aromatic nitrogens is 4. The van der Waals surface area contributed by atoms with Crippen LogP contribution in [0.5, 0.6) is 0 Å². The summed E-state index contributed by atoms with van der Waals surface area (Å²) in [5.41, 5.74) is 9.13. The van der Waals surface area contributed by atoms with Crippen molar-refractivity contribution in [1.29, 1.82) is 0 Å². The van der Waals surface area contributed by atoms with E-state index in [-0.39, 0.29) is 10.8 Å². The Bertz CT molecular complexity index is 1280. The number of nitrogens with zero attached hydrogens (tertiary/aromatic N) is 3. The predicted octanol–water partition coefficient (Wildman–Crippen LogP) is 6.80. The Labute approximate surface area is 195 Å². The van der Waals surface area contributed by atoms with Crippen LogP contribution >= 0.6 is 0 Å². The summed E-state index contributed by atoms with van der Waals surface area (Å²) in [6.45, 7) is 9.51. The second-order valence-corrected chi connectivity index (χ2v) is 10.3. The van der Waals surface area contributed by atoms with Crippen molar-refractivity contribution < 1.29 is 0 Å². The average molecular weight is 435 g/mol. The molecule has 1 aromatic heterocycles. The third kappa shape index (κ3) is 4.13. The lowest BCUT2D eigenvalue weighted by Crippen LogP contribution is -2.33. The highest BCUT2D eigenvalue weighted by Crippen LogP contribution is 2.46. The third-order valence-corrected chi connectivity index (χ3v) is 7.07. The van der Waals surface area contributed by atoms with Gasteiger partial charge >= 0.3 is 0 Å². The van der Waals surface area contributed by atoms with Crippen LogP contribution in [0.4, 0.5) is 0 Å². The summed E-state index contributed by atoms with van der Waals surface area (Å²) in [6, 6.07) is 26.1. The second-order valence-electron chi connectivity index (χ2n) is 10.3. The third-order valence-electron chi connectivity index (χ3n) is 7.07. The van der Waals surface area contributed by atoms with Gasteiger partial charge in [0.25, 0.3) is 0 Å². The molecule has 3 aromatic carbocycles. The molecular weight excluding hydrogens is 404 g/mol. The van der Waals surface area contributed by atoms with Crippen molar-refractivity contribution in [2.45, 2.75) is 51.4 Å². The van der Waals surface area contributed by atoms with E-state index in [1.165, 1.54) is 40.7 Å². The number of hydrogen-bond donors (Lipinski definition) is 1. The molecule has 0 spiro atoms. The first-order valence-corrected chi connectivity index (χ1v) is 11.6. The summed E-state index contributed by atoms with van der Waals surface area (Å²) >= 11 is 0. The van der Waals surface area contributed by atoms with Crippen LogP contribution in [0.2, 0.25) is 0 Å². The Kier molecular flexibility index (Phi) is 5.24. The Morgan fingerprint density at radius 2 is 1.48 bits per heavy atom. The van der Waals surface area contributed by atoms with Crippen LogP contribution < -0.4 is 0 Å². The molecule has 5 rings (SSSR count). The fourth-order valence-corrected chi connectivity index (χ4v) is 4.89. The number of tetrazole rings is 1. The summed E-state index contributed by atoms with van der Waals surface area (Å²) < 4.78 is 0. The van der Waals surface area contributed by atoms with Crippen LogP contribution in [0, 0.1) is 0 Å². The molecule has 1 heterocycles. The highest BCUT2D eigenvalue weighted by atomic mass is 15.5. The van der Waals surface area contributed by atoms with Crippen molar-refractivity contribution in [3.63, 3.8) is 0 Å². The molecule has 4 nitrogen and oxygen atoms in total. The van der Waals surface area contributed by atoms with Gasteiger partial charge in [-0.25, -0.2) is 0 Å². The van der Waals surface area contributed by atoms with E-state index in [9.17, 15) is 0 Å². The zero-order valence-corrected chi connectivity index (χ0v) is 19.8. The summed E-state index contributed by atoms with van der Waals surface area (Å²) in [5, 5.41) is 14.3. The van der Waals surface area contributed by atoms with Gasteiger partial charge in [-0.3, -0.25) is 0 Å². The standard InChI is InChI=1S/C29H30N4/c1-28(2)16-17-29(3,4)26-19-23(14-15-25(26)28)24(21-8-6-5-7-9-21)18-20-10-12-22(13-11-20)27-30-32-33-31-27/h5-15,18-19H,16-17H2,1-4H3,(H,30,31,32,33)/b24-18+. The molecule has 0 radical (unpaired) electrons. The molecule has 1 N–H and O–H groups in total. The Morgan fingerprint density at radius 1 is 0.788 bits per heavy atom. The second kappa shape index (κ2) is 8.11. The predicted molar refractivity (Wildman–Crippen MR) is 135 cm³/mol. The SMILES string of the molecule is CC1(C)CCC(C)(C)c2cc(/C(=C/c3ccc(-c4nn[nH]n4)cc3)c3ccccc3)ccc21. The molecule has 0 amide bonds. The van der Waals surface area contributed by atoms with Crippen molar-refractivity contribution in [1.82, 2.24) is 20.6 Å². The summed E-state index contributed by atoms with van der Waals surface area (Å²) in [5.74, 6) is 0.605. The van der Waals surface area contributed by atoms with Gasteiger partial charge in [0.2, 0.25) is 5.82 Å². The van der Waals surface area contributed by atoms with Gasteiger partial charge in [0.05, 0.1) is 0 Å². The number of fused-ring (bicyclic) bond motifs is 1. The van der Waals surface area contributed by atoms with Crippen molar-refractivity contribution in [2.24, 2.45) is 0 Å². The van der Waals surface area contributed by atoms with Crippen LogP contribution in [0.3, 0.4) is 0 Å². The topological polar surface area (TPSA) is 54.5 Å². The van der Waals surface area contributed by atoms with Gasteiger partial charge in [0.1, 0.15) is 0 Å². The Balaban J connectivity index is 1.61. The largest absolute Gasteiger partial charge is 0.204 e. The summed E-state index contributed by atoms with van der Waals surface area (Å²) in [6.07, 6.45) is 4.71. The first-order valence-electron chi connectivity index (χ1n) is 11.6. The first-order chi connectivity index (χ1) is 15.8. The van der Waals surface area contributed by atoms with Crippen LogP contribution in [0.25, 0.3) is 23.0 Å². The minimum Gasteiger partial charge on any atom is -0.177 e. The molecule has 0 atom stereocenters. The van der Waals surface area contributed by atoms with Crippen LogP contribution in [-0.2, 0) is 10.8 Å². The van der Waals surface area contributed by atoms with E-state index in [0.717, 1.165) is 11.1 Å². The van der Waals surface area contributed by atoms with E-state index in [0.29, 0.717) is 5.82 Å². The van der Waals surface area contributed by atoms with Crippen molar-refractivity contribution >= 4 is 11.6 Å². The van der Waals surface area contributed by atoms with Gasteiger partial charge in [-0.1, -0.05) is 100 Å². The molecule has 33 heavy (non-hydrogen) atoms. The van der Waals surface area contributed by atoms with Gasteiger partial charge in [-0.2, -0.15) is 5.21 Å². The van der Waals surface area contributed by atoms with Crippen LogP contribution in [-0.4, -0.2) is 20.6 Å². The monoisotopic (exact) mass is 434 g/mol. The Hall–Kier alpha value is -3.53. The molecule has 166 valence electrons. The van der Waals surface area contributed by atoms with Crippen LogP contribution in [0.15, 0.2) is 72.8 Å². The summed E-state index contributed by atoms with van der Waals surface area (Å²) in [4.78, 5) is 0. The zero-order chi connectivity index (χ0) is 23.1. The molecule has 0 saturated carbocycles. The molecular formula is C29H30N4. The highest BCUT2D eigenvalue weighted by Gasteiger charge is 2.37. The quantitative estimate of drug-likeness (QED) is 0.359. The van der Waals surface area contributed by atoms with Crippen molar-refractivity contribution in [3.8, 4) is 11.4 Å². The molecule has 0 saturated heterocycles. The number of benzene rings is 3. The van der Waals surface area contributed by atoms with E-state index in [1.807, 2.05) is 12.1 Å². The van der Waals surface area contributed by atoms with E-state index in [1.54, 1.807) is 0 Å². The molecule has 4 aromatic rings. The van der Waals surface area contributed by atoms with Gasteiger partial charge in [0, 0.05) is 5.56 Å². The molecule has 0 unspecified atom stereocenters. The summed E-state index contributed by atoms with van der Waals surface area (Å²) in [7, 11) is 0. The number of H-pyrrole nitrogens is 1. The van der Waals surface area contributed by atoms with Crippen LogP contribution in [0.1, 0.15) is 68.4 Å². The average Bonchev–Trinajstić information content (AvgIpc) is 3.36. The number of rotatable bonds is 4. The van der Waals surface area contributed by atoms with E-state index >= 15 is 0 Å². The minimum atomic E-state index is 0.175. The first kappa shape index (κ1) is 21.3. The maximum Gasteiger partial charge on any atom is 0.204 e.